The van der Waals surface area contributed by atoms with Crippen molar-refractivity contribution in [2.24, 2.45) is 0 Å². The zero-order valence-electron chi connectivity index (χ0n) is 14.7. The summed E-state index contributed by atoms with van der Waals surface area (Å²) in [5.41, 5.74) is 4.65. The van der Waals surface area contributed by atoms with E-state index in [1.165, 1.54) is 43.7 Å². The third kappa shape index (κ3) is 3.41. The number of hydrogen-bond donors (Lipinski definition) is 0. The smallest absolute Gasteiger partial charge is 0.166 e. The molecule has 0 unspecified atom stereocenters. The molecule has 1 aliphatic carbocycles. The normalized spacial score (nSPS) is 15.2. The van der Waals surface area contributed by atoms with Crippen molar-refractivity contribution in [1.29, 1.82) is 0 Å². The van der Waals surface area contributed by atoms with Crippen molar-refractivity contribution in [3.8, 4) is 22.3 Å². The summed E-state index contributed by atoms with van der Waals surface area (Å²) in [5.74, 6) is -0.905. The van der Waals surface area contributed by atoms with Crippen molar-refractivity contribution < 1.29 is 8.78 Å². The fourth-order valence-electron chi connectivity index (χ4n) is 3.95. The molecule has 132 valence electrons. The van der Waals surface area contributed by atoms with Gasteiger partial charge in [0.1, 0.15) is 0 Å². The van der Waals surface area contributed by atoms with Crippen LogP contribution in [0.5, 0.6) is 0 Å². The molecule has 3 aromatic rings. The highest BCUT2D eigenvalue weighted by Gasteiger charge is 2.15. The van der Waals surface area contributed by atoms with Crippen LogP contribution in [0, 0.1) is 11.6 Å². The van der Waals surface area contributed by atoms with Gasteiger partial charge in [-0.1, -0.05) is 79.9 Å². The minimum Gasteiger partial charge on any atom is -0.204 e. The minimum absolute atomic E-state index is 0.296. The third-order valence-corrected chi connectivity index (χ3v) is 5.47. The fraction of sp³-hybridized carbons (Fsp3) is 0.250. The lowest BCUT2D eigenvalue weighted by Gasteiger charge is -2.22. The topological polar surface area (TPSA) is 0 Å². The number of halogens is 2. The molecule has 0 atom stereocenters. The first kappa shape index (κ1) is 17.0. The maximum Gasteiger partial charge on any atom is 0.166 e. The summed E-state index contributed by atoms with van der Waals surface area (Å²) in [4.78, 5) is 0. The Morgan fingerprint density at radius 3 is 1.85 bits per heavy atom. The Labute approximate surface area is 153 Å². The summed E-state index contributed by atoms with van der Waals surface area (Å²) in [6.45, 7) is 0. The molecule has 0 radical (unpaired) electrons. The third-order valence-electron chi connectivity index (χ3n) is 5.47. The Balaban J connectivity index is 1.56. The lowest BCUT2D eigenvalue weighted by atomic mass is 9.83. The molecule has 0 spiro atoms. The average Bonchev–Trinajstić information content (AvgIpc) is 2.71. The minimum atomic E-state index is -0.815. The van der Waals surface area contributed by atoms with Crippen LogP contribution in [-0.2, 0) is 0 Å². The first-order chi connectivity index (χ1) is 12.7. The highest BCUT2D eigenvalue weighted by molar-refractivity contribution is 5.70. The molecule has 1 saturated carbocycles. The van der Waals surface area contributed by atoms with Crippen LogP contribution in [0.1, 0.15) is 43.6 Å². The molecule has 0 heterocycles. The van der Waals surface area contributed by atoms with E-state index in [-0.39, 0.29) is 0 Å². The molecule has 26 heavy (non-hydrogen) atoms. The lowest BCUT2D eigenvalue weighted by Crippen LogP contribution is -2.04. The van der Waals surface area contributed by atoms with Crippen molar-refractivity contribution in [2.75, 3.05) is 0 Å². The summed E-state index contributed by atoms with van der Waals surface area (Å²) in [5, 5.41) is 0. The monoisotopic (exact) mass is 348 g/mol. The Hall–Kier alpha value is -2.48. The second-order valence-corrected chi connectivity index (χ2v) is 7.14. The molecule has 0 aliphatic heterocycles. The predicted octanol–water partition coefficient (Wildman–Crippen LogP) is 7.35. The maximum absolute atomic E-state index is 14.0. The SMILES string of the molecule is Fc1cccc(-c2ccc(-c3ccc(C4CCCCC4)cc3)cc2)c1F. The van der Waals surface area contributed by atoms with Gasteiger partial charge in [-0.2, -0.15) is 0 Å². The zero-order chi connectivity index (χ0) is 17.9. The van der Waals surface area contributed by atoms with Gasteiger partial charge in [-0.25, -0.2) is 8.78 Å². The Bertz CT molecular complexity index is 873. The average molecular weight is 348 g/mol. The number of hydrogen-bond acceptors (Lipinski definition) is 0. The summed E-state index contributed by atoms with van der Waals surface area (Å²) in [6.07, 6.45) is 6.64. The van der Waals surface area contributed by atoms with E-state index in [9.17, 15) is 8.78 Å². The molecule has 0 amide bonds. The van der Waals surface area contributed by atoms with Gasteiger partial charge in [0, 0.05) is 5.56 Å². The Kier molecular flexibility index (Phi) is 4.83. The van der Waals surface area contributed by atoms with Gasteiger partial charge >= 0.3 is 0 Å². The zero-order valence-corrected chi connectivity index (χ0v) is 14.7. The van der Waals surface area contributed by atoms with Gasteiger partial charge in [0.2, 0.25) is 0 Å². The Morgan fingerprint density at radius 1 is 0.615 bits per heavy atom. The largest absolute Gasteiger partial charge is 0.204 e. The van der Waals surface area contributed by atoms with E-state index in [1.54, 1.807) is 6.07 Å². The highest BCUT2D eigenvalue weighted by atomic mass is 19.2. The molecule has 2 heteroatoms. The fourth-order valence-corrected chi connectivity index (χ4v) is 3.95. The van der Waals surface area contributed by atoms with Crippen molar-refractivity contribution in [1.82, 2.24) is 0 Å². The van der Waals surface area contributed by atoms with Crippen LogP contribution < -0.4 is 0 Å². The first-order valence-electron chi connectivity index (χ1n) is 9.37. The van der Waals surface area contributed by atoms with Gasteiger partial charge in [-0.05, 0) is 47.1 Å². The van der Waals surface area contributed by atoms with Crippen LogP contribution in [-0.4, -0.2) is 0 Å². The quantitative estimate of drug-likeness (QED) is 0.464. The standard InChI is InChI=1S/C24H22F2/c25-23-8-4-7-22(24(23)26)21-15-13-20(14-16-21)19-11-9-18(10-12-19)17-5-2-1-3-6-17/h4,7-17H,1-3,5-6H2. The van der Waals surface area contributed by atoms with E-state index in [2.05, 4.69) is 24.3 Å². The maximum atomic E-state index is 14.0. The van der Waals surface area contributed by atoms with E-state index in [1.807, 2.05) is 24.3 Å². The van der Waals surface area contributed by atoms with Gasteiger partial charge < -0.3 is 0 Å². The van der Waals surface area contributed by atoms with Gasteiger partial charge in [-0.15, -0.1) is 0 Å². The van der Waals surface area contributed by atoms with Crippen molar-refractivity contribution >= 4 is 0 Å². The Morgan fingerprint density at radius 2 is 1.19 bits per heavy atom. The predicted molar refractivity (Wildman–Crippen MR) is 103 cm³/mol. The summed E-state index contributed by atoms with van der Waals surface area (Å²) < 4.78 is 27.4. The summed E-state index contributed by atoms with van der Waals surface area (Å²) in [7, 11) is 0. The molecule has 0 bridgehead atoms. The number of rotatable bonds is 3. The summed E-state index contributed by atoms with van der Waals surface area (Å²) >= 11 is 0. The molecule has 4 rings (SSSR count). The van der Waals surface area contributed by atoms with Crippen molar-refractivity contribution in [2.45, 2.75) is 38.0 Å². The van der Waals surface area contributed by atoms with Gasteiger partial charge in [0.25, 0.3) is 0 Å². The molecular weight excluding hydrogens is 326 g/mol. The van der Waals surface area contributed by atoms with E-state index < -0.39 is 11.6 Å². The second kappa shape index (κ2) is 7.41. The molecule has 1 aliphatic rings. The van der Waals surface area contributed by atoms with Crippen LogP contribution in [0.2, 0.25) is 0 Å². The molecule has 0 aromatic heterocycles. The molecular formula is C24H22F2. The van der Waals surface area contributed by atoms with Crippen molar-refractivity contribution in [3.63, 3.8) is 0 Å². The number of benzene rings is 3. The van der Waals surface area contributed by atoms with Crippen molar-refractivity contribution in [3.05, 3.63) is 83.9 Å². The van der Waals surface area contributed by atoms with Crippen LogP contribution in [0.3, 0.4) is 0 Å². The molecule has 0 nitrogen and oxygen atoms in total. The van der Waals surface area contributed by atoms with E-state index in [4.69, 9.17) is 0 Å². The van der Waals surface area contributed by atoms with Crippen LogP contribution >= 0.6 is 0 Å². The second-order valence-electron chi connectivity index (χ2n) is 7.14. The summed E-state index contributed by atoms with van der Waals surface area (Å²) in [6, 6.07) is 20.7. The van der Waals surface area contributed by atoms with E-state index >= 15 is 0 Å². The highest BCUT2D eigenvalue weighted by Crippen LogP contribution is 2.34. The van der Waals surface area contributed by atoms with Gasteiger partial charge in [-0.3, -0.25) is 0 Å². The van der Waals surface area contributed by atoms with Gasteiger partial charge in [0.05, 0.1) is 0 Å². The molecule has 0 saturated heterocycles. The molecule has 3 aromatic carbocycles. The van der Waals surface area contributed by atoms with Gasteiger partial charge in [0.15, 0.2) is 11.6 Å². The molecule has 1 fully saturated rings. The van der Waals surface area contributed by atoms with Crippen LogP contribution in [0.4, 0.5) is 8.78 Å². The van der Waals surface area contributed by atoms with E-state index in [0.717, 1.165) is 17.2 Å². The first-order valence-corrected chi connectivity index (χ1v) is 9.37. The lowest BCUT2D eigenvalue weighted by molar-refractivity contribution is 0.443. The molecule has 0 N–H and O–H groups in total. The van der Waals surface area contributed by atoms with Crippen LogP contribution in [0.15, 0.2) is 66.7 Å². The van der Waals surface area contributed by atoms with E-state index in [0.29, 0.717) is 17.0 Å². The van der Waals surface area contributed by atoms with Crippen LogP contribution in [0.25, 0.3) is 22.3 Å².